The smallest absolute Gasteiger partial charge is 0.194 e. The lowest BCUT2D eigenvalue weighted by Crippen LogP contribution is -2.36. The maximum Gasteiger partial charge on any atom is 0.194 e. The van der Waals surface area contributed by atoms with Gasteiger partial charge in [-0.2, -0.15) is 0 Å². The molecule has 2 rings (SSSR count). The molecule has 0 aromatic carbocycles. The van der Waals surface area contributed by atoms with Crippen LogP contribution in [0.2, 0.25) is 0 Å². The number of nitrogens with one attached hydrogen (secondary N) is 1. The van der Waals surface area contributed by atoms with Crippen LogP contribution in [-0.2, 0) is 6.42 Å². The summed E-state index contributed by atoms with van der Waals surface area (Å²) in [6.07, 6.45) is 5.47. The molecule has 0 aliphatic heterocycles. The third-order valence-corrected chi connectivity index (χ3v) is 3.24. The van der Waals surface area contributed by atoms with Gasteiger partial charge in [0.05, 0.1) is 16.6 Å². The zero-order valence-electron chi connectivity index (χ0n) is 11.1. The van der Waals surface area contributed by atoms with Crippen LogP contribution in [0.1, 0.15) is 33.1 Å². The molecule has 0 spiro atoms. The molecule has 0 amide bonds. The molecule has 0 saturated carbocycles. The fourth-order valence-electron chi connectivity index (χ4n) is 1.58. The summed E-state index contributed by atoms with van der Waals surface area (Å²) >= 11 is 1.56. The molecule has 2 heterocycles. The standard InChI is InChI=1S/C13H19N3OS/c1-13(2,3)16-6-4-5-12-15-7-10(17-12)11-8-14-9-18-11/h7-9,16H,4-6H2,1-3H3. The maximum atomic E-state index is 5.69. The van der Waals surface area contributed by atoms with Crippen molar-refractivity contribution in [1.82, 2.24) is 15.3 Å². The Hall–Kier alpha value is -1.20. The molecule has 98 valence electrons. The first-order chi connectivity index (χ1) is 8.54. The Morgan fingerprint density at radius 2 is 2.17 bits per heavy atom. The number of hydrogen-bond donors (Lipinski definition) is 1. The van der Waals surface area contributed by atoms with E-state index in [1.54, 1.807) is 29.2 Å². The quantitative estimate of drug-likeness (QED) is 0.844. The van der Waals surface area contributed by atoms with Gasteiger partial charge in [-0.15, -0.1) is 11.3 Å². The molecule has 2 aromatic rings. The Morgan fingerprint density at radius 1 is 1.33 bits per heavy atom. The highest BCUT2D eigenvalue weighted by atomic mass is 32.1. The monoisotopic (exact) mass is 265 g/mol. The Morgan fingerprint density at radius 3 is 2.83 bits per heavy atom. The van der Waals surface area contributed by atoms with Crippen molar-refractivity contribution in [2.75, 3.05) is 6.54 Å². The van der Waals surface area contributed by atoms with E-state index in [0.717, 1.165) is 35.9 Å². The Labute approximate surface area is 111 Å². The van der Waals surface area contributed by atoms with E-state index in [9.17, 15) is 0 Å². The zero-order valence-corrected chi connectivity index (χ0v) is 11.9. The lowest BCUT2D eigenvalue weighted by molar-refractivity contribution is 0.413. The second kappa shape index (κ2) is 5.63. The molecule has 0 aliphatic carbocycles. The minimum Gasteiger partial charge on any atom is -0.440 e. The maximum absolute atomic E-state index is 5.69. The Bertz CT molecular complexity index is 471. The van der Waals surface area contributed by atoms with E-state index in [1.165, 1.54) is 0 Å². The largest absolute Gasteiger partial charge is 0.440 e. The molecule has 0 bridgehead atoms. The number of aromatic nitrogens is 2. The van der Waals surface area contributed by atoms with Crippen molar-refractivity contribution >= 4 is 11.3 Å². The summed E-state index contributed by atoms with van der Waals surface area (Å²) in [5.41, 5.74) is 1.97. The molecule has 0 atom stereocenters. The van der Waals surface area contributed by atoms with Gasteiger partial charge in [0.1, 0.15) is 0 Å². The second-order valence-corrected chi connectivity index (χ2v) is 6.15. The van der Waals surface area contributed by atoms with Crippen LogP contribution in [0.5, 0.6) is 0 Å². The van der Waals surface area contributed by atoms with Gasteiger partial charge in [0.25, 0.3) is 0 Å². The van der Waals surface area contributed by atoms with Crippen molar-refractivity contribution in [2.24, 2.45) is 0 Å². The summed E-state index contributed by atoms with van der Waals surface area (Å²) in [5.74, 6) is 1.62. The molecule has 18 heavy (non-hydrogen) atoms. The normalized spacial score (nSPS) is 11.9. The first-order valence-electron chi connectivity index (χ1n) is 6.13. The lowest BCUT2D eigenvalue weighted by Gasteiger charge is -2.19. The SMILES string of the molecule is CC(C)(C)NCCCc1ncc(-c2cncs2)o1. The summed E-state index contributed by atoms with van der Waals surface area (Å²) in [6.45, 7) is 7.47. The molecular weight excluding hydrogens is 246 g/mol. The first-order valence-corrected chi connectivity index (χ1v) is 7.01. The van der Waals surface area contributed by atoms with Gasteiger partial charge >= 0.3 is 0 Å². The minimum absolute atomic E-state index is 0.171. The third-order valence-electron chi connectivity index (χ3n) is 2.45. The summed E-state index contributed by atoms with van der Waals surface area (Å²) in [4.78, 5) is 9.35. The van der Waals surface area contributed by atoms with Crippen LogP contribution in [-0.4, -0.2) is 22.1 Å². The molecule has 0 aliphatic rings. The Balaban J connectivity index is 1.81. The topological polar surface area (TPSA) is 51.0 Å². The molecular formula is C13H19N3OS. The molecule has 0 radical (unpaired) electrons. The van der Waals surface area contributed by atoms with Crippen LogP contribution in [0.4, 0.5) is 0 Å². The van der Waals surface area contributed by atoms with Gasteiger partial charge in [-0.1, -0.05) is 0 Å². The van der Waals surface area contributed by atoms with Crippen LogP contribution >= 0.6 is 11.3 Å². The van der Waals surface area contributed by atoms with Gasteiger partial charge in [0.2, 0.25) is 0 Å². The van der Waals surface area contributed by atoms with Crippen LogP contribution in [0.25, 0.3) is 10.6 Å². The van der Waals surface area contributed by atoms with Crippen molar-refractivity contribution in [2.45, 2.75) is 39.2 Å². The summed E-state index contributed by atoms with van der Waals surface area (Å²) in [6, 6.07) is 0. The van der Waals surface area contributed by atoms with Gasteiger partial charge in [0.15, 0.2) is 11.7 Å². The molecule has 4 nitrogen and oxygen atoms in total. The van der Waals surface area contributed by atoms with Crippen LogP contribution in [0, 0.1) is 0 Å². The molecule has 2 aromatic heterocycles. The lowest BCUT2D eigenvalue weighted by atomic mass is 10.1. The van der Waals surface area contributed by atoms with Crippen LogP contribution < -0.4 is 5.32 Å². The van der Waals surface area contributed by atoms with Crippen molar-refractivity contribution in [3.05, 3.63) is 23.8 Å². The van der Waals surface area contributed by atoms with E-state index in [-0.39, 0.29) is 5.54 Å². The predicted octanol–water partition coefficient (Wildman–Crippen LogP) is 3.12. The average Bonchev–Trinajstić information content (AvgIpc) is 2.93. The number of aryl methyl sites for hydroxylation is 1. The van der Waals surface area contributed by atoms with Crippen molar-refractivity contribution < 1.29 is 4.42 Å². The molecule has 0 saturated heterocycles. The molecule has 1 N–H and O–H groups in total. The summed E-state index contributed by atoms with van der Waals surface area (Å²) in [7, 11) is 0. The third kappa shape index (κ3) is 3.92. The number of oxazole rings is 1. The van der Waals surface area contributed by atoms with Gasteiger partial charge in [-0.25, -0.2) is 4.98 Å². The van der Waals surface area contributed by atoms with Crippen molar-refractivity contribution in [3.63, 3.8) is 0 Å². The van der Waals surface area contributed by atoms with Crippen molar-refractivity contribution in [1.29, 1.82) is 0 Å². The van der Waals surface area contributed by atoms with Crippen LogP contribution in [0.15, 0.2) is 22.3 Å². The first kappa shape index (κ1) is 13.2. The van der Waals surface area contributed by atoms with E-state index < -0.39 is 0 Å². The van der Waals surface area contributed by atoms with Gasteiger partial charge in [-0.3, -0.25) is 4.98 Å². The highest BCUT2D eigenvalue weighted by molar-refractivity contribution is 7.13. The van der Waals surface area contributed by atoms with E-state index in [2.05, 4.69) is 36.1 Å². The number of thiazole rings is 1. The molecule has 0 fully saturated rings. The summed E-state index contributed by atoms with van der Waals surface area (Å²) in [5, 5.41) is 3.45. The van der Waals surface area contributed by atoms with E-state index >= 15 is 0 Å². The predicted molar refractivity (Wildman–Crippen MR) is 73.7 cm³/mol. The highest BCUT2D eigenvalue weighted by Crippen LogP contribution is 2.23. The second-order valence-electron chi connectivity index (χ2n) is 5.26. The minimum atomic E-state index is 0.171. The van der Waals surface area contributed by atoms with E-state index in [4.69, 9.17) is 4.42 Å². The van der Waals surface area contributed by atoms with Gasteiger partial charge in [-0.05, 0) is 33.7 Å². The van der Waals surface area contributed by atoms with Gasteiger partial charge < -0.3 is 9.73 Å². The molecule has 5 heteroatoms. The fraction of sp³-hybridized carbons (Fsp3) is 0.538. The molecule has 0 unspecified atom stereocenters. The number of nitrogens with zero attached hydrogens (tertiary/aromatic N) is 2. The Kier molecular flexibility index (Phi) is 4.14. The fourth-order valence-corrected chi connectivity index (χ4v) is 2.15. The van der Waals surface area contributed by atoms with Crippen molar-refractivity contribution in [3.8, 4) is 10.6 Å². The van der Waals surface area contributed by atoms with Crippen LogP contribution in [0.3, 0.4) is 0 Å². The number of hydrogen-bond acceptors (Lipinski definition) is 5. The average molecular weight is 265 g/mol. The summed E-state index contributed by atoms with van der Waals surface area (Å²) < 4.78 is 5.69. The number of rotatable bonds is 5. The van der Waals surface area contributed by atoms with Gasteiger partial charge in [0, 0.05) is 18.2 Å². The zero-order chi connectivity index (χ0) is 13.0. The van der Waals surface area contributed by atoms with E-state index in [1.807, 2.05) is 0 Å². The highest BCUT2D eigenvalue weighted by Gasteiger charge is 2.09. The van der Waals surface area contributed by atoms with E-state index in [0.29, 0.717) is 0 Å².